The first-order valence-corrected chi connectivity index (χ1v) is 8.48. The van der Waals surface area contributed by atoms with Gasteiger partial charge in [-0.3, -0.25) is 0 Å². The van der Waals surface area contributed by atoms with E-state index in [4.69, 9.17) is 15.2 Å². The van der Waals surface area contributed by atoms with Crippen LogP contribution >= 0.6 is 0 Å². The van der Waals surface area contributed by atoms with Crippen molar-refractivity contribution in [2.45, 2.75) is 6.54 Å². The summed E-state index contributed by atoms with van der Waals surface area (Å²) in [6.45, 7) is 2.94. The lowest BCUT2D eigenvalue weighted by Gasteiger charge is -2.29. The molecule has 0 atom stereocenters. The van der Waals surface area contributed by atoms with Crippen LogP contribution in [0.1, 0.15) is 5.56 Å². The molecule has 0 radical (unpaired) electrons. The highest BCUT2D eigenvalue weighted by molar-refractivity contribution is 5.92. The van der Waals surface area contributed by atoms with Crippen LogP contribution in [0.25, 0.3) is 0 Å². The second kappa shape index (κ2) is 8.53. The molecule has 1 heterocycles. The molecule has 0 spiro atoms. The standard InChI is InChI=1S/C19H23FN4O2/c1-25-16-4-2-3-15(12-16)23-19(21)22-13-14-5-6-18(17(20)11-14)24-7-9-26-10-8-24/h2-6,11-12H,7-10,13H2,1H3,(H3,21,22,23). The molecule has 1 aliphatic heterocycles. The second-order valence-corrected chi connectivity index (χ2v) is 5.94. The van der Waals surface area contributed by atoms with Crippen molar-refractivity contribution >= 4 is 17.3 Å². The van der Waals surface area contributed by atoms with Gasteiger partial charge in [0.2, 0.25) is 0 Å². The molecule has 1 saturated heterocycles. The third-order valence-electron chi connectivity index (χ3n) is 4.14. The van der Waals surface area contributed by atoms with Crippen LogP contribution in [0.5, 0.6) is 5.75 Å². The van der Waals surface area contributed by atoms with Crippen LogP contribution in [-0.4, -0.2) is 39.4 Å². The summed E-state index contributed by atoms with van der Waals surface area (Å²) in [7, 11) is 1.60. The first-order valence-electron chi connectivity index (χ1n) is 8.48. The summed E-state index contributed by atoms with van der Waals surface area (Å²) in [4.78, 5) is 6.26. The SMILES string of the molecule is COc1cccc(NC(N)=NCc2ccc(N3CCOCC3)c(F)c2)c1. The summed E-state index contributed by atoms with van der Waals surface area (Å²) in [6.07, 6.45) is 0. The number of halogens is 1. The number of nitrogens with two attached hydrogens (primary N) is 1. The number of hydrogen-bond donors (Lipinski definition) is 2. The molecule has 0 amide bonds. The molecule has 1 fully saturated rings. The maximum atomic E-state index is 14.4. The summed E-state index contributed by atoms with van der Waals surface area (Å²) in [6, 6.07) is 12.5. The van der Waals surface area contributed by atoms with E-state index in [1.807, 2.05) is 35.2 Å². The number of morpholine rings is 1. The van der Waals surface area contributed by atoms with Crippen LogP contribution in [0, 0.1) is 5.82 Å². The van der Waals surface area contributed by atoms with Crippen LogP contribution in [0.4, 0.5) is 15.8 Å². The smallest absolute Gasteiger partial charge is 0.193 e. The predicted molar refractivity (Wildman–Crippen MR) is 101 cm³/mol. The molecule has 0 bridgehead atoms. The van der Waals surface area contributed by atoms with Crippen molar-refractivity contribution in [1.82, 2.24) is 0 Å². The largest absolute Gasteiger partial charge is 0.497 e. The Labute approximate surface area is 152 Å². The Morgan fingerprint density at radius 1 is 1.27 bits per heavy atom. The molecular formula is C19H23FN4O2. The maximum Gasteiger partial charge on any atom is 0.193 e. The molecule has 2 aromatic rings. The minimum absolute atomic E-state index is 0.251. The van der Waals surface area contributed by atoms with Crippen LogP contribution in [0.2, 0.25) is 0 Å². The number of nitrogens with one attached hydrogen (secondary N) is 1. The van der Waals surface area contributed by atoms with E-state index in [-0.39, 0.29) is 11.8 Å². The summed E-state index contributed by atoms with van der Waals surface area (Å²) in [5.74, 6) is 0.735. The van der Waals surface area contributed by atoms with Crippen LogP contribution in [0.15, 0.2) is 47.5 Å². The summed E-state index contributed by atoms with van der Waals surface area (Å²) >= 11 is 0. The monoisotopic (exact) mass is 358 g/mol. The van der Waals surface area contributed by atoms with Crippen molar-refractivity contribution in [2.24, 2.45) is 10.7 Å². The molecule has 0 aromatic heterocycles. The molecule has 3 N–H and O–H groups in total. The topological polar surface area (TPSA) is 72.1 Å². The van der Waals surface area contributed by atoms with Gasteiger partial charge < -0.3 is 25.4 Å². The average Bonchev–Trinajstić information content (AvgIpc) is 2.67. The molecule has 138 valence electrons. The zero-order valence-electron chi connectivity index (χ0n) is 14.7. The summed E-state index contributed by atoms with van der Waals surface area (Å²) in [5.41, 5.74) is 8.05. The van der Waals surface area contributed by atoms with Crippen molar-refractivity contribution in [3.8, 4) is 5.75 Å². The Hall–Kier alpha value is -2.80. The van der Waals surface area contributed by atoms with Gasteiger partial charge in [-0.1, -0.05) is 12.1 Å². The highest BCUT2D eigenvalue weighted by atomic mass is 19.1. The number of nitrogens with zero attached hydrogens (tertiary/aromatic N) is 2. The predicted octanol–water partition coefficient (Wildman–Crippen LogP) is 2.60. The Morgan fingerprint density at radius 2 is 2.08 bits per heavy atom. The number of benzene rings is 2. The van der Waals surface area contributed by atoms with Gasteiger partial charge in [0.1, 0.15) is 11.6 Å². The Balaban J connectivity index is 1.62. The fourth-order valence-corrected chi connectivity index (χ4v) is 2.77. The molecular weight excluding hydrogens is 335 g/mol. The van der Waals surface area contributed by atoms with Crippen molar-refractivity contribution in [3.63, 3.8) is 0 Å². The number of rotatable bonds is 5. The highest BCUT2D eigenvalue weighted by Crippen LogP contribution is 2.22. The zero-order chi connectivity index (χ0) is 18.4. The lowest BCUT2D eigenvalue weighted by molar-refractivity contribution is 0.122. The average molecular weight is 358 g/mol. The van der Waals surface area contributed by atoms with Gasteiger partial charge in [0.15, 0.2) is 5.96 Å². The lowest BCUT2D eigenvalue weighted by atomic mass is 10.1. The normalized spacial score (nSPS) is 15.0. The molecule has 3 rings (SSSR count). The van der Waals surface area contributed by atoms with E-state index in [2.05, 4.69) is 10.3 Å². The van der Waals surface area contributed by atoms with E-state index in [0.29, 0.717) is 38.5 Å². The first kappa shape index (κ1) is 18.0. The van der Waals surface area contributed by atoms with Gasteiger partial charge in [-0.2, -0.15) is 0 Å². The van der Waals surface area contributed by atoms with E-state index in [9.17, 15) is 4.39 Å². The molecule has 2 aromatic carbocycles. The van der Waals surface area contributed by atoms with E-state index >= 15 is 0 Å². The molecule has 0 saturated carbocycles. The fourth-order valence-electron chi connectivity index (χ4n) is 2.77. The summed E-state index contributed by atoms with van der Waals surface area (Å²) < 4.78 is 24.9. The fraction of sp³-hybridized carbons (Fsp3) is 0.316. The molecule has 0 aliphatic carbocycles. The Bertz CT molecular complexity index is 776. The Kier molecular flexibility index (Phi) is 5.91. The molecule has 6 nitrogen and oxygen atoms in total. The van der Waals surface area contributed by atoms with Crippen LogP contribution < -0.4 is 20.7 Å². The minimum Gasteiger partial charge on any atom is -0.497 e. The van der Waals surface area contributed by atoms with Gasteiger partial charge in [-0.05, 0) is 29.8 Å². The van der Waals surface area contributed by atoms with E-state index in [1.165, 1.54) is 6.07 Å². The number of aliphatic imine (C=N–C) groups is 1. The van der Waals surface area contributed by atoms with Gasteiger partial charge in [-0.15, -0.1) is 0 Å². The molecule has 26 heavy (non-hydrogen) atoms. The van der Waals surface area contributed by atoms with Gasteiger partial charge in [0.25, 0.3) is 0 Å². The van der Waals surface area contributed by atoms with Gasteiger partial charge in [-0.25, -0.2) is 9.38 Å². The number of hydrogen-bond acceptors (Lipinski definition) is 4. The van der Waals surface area contributed by atoms with Crippen LogP contribution in [-0.2, 0) is 11.3 Å². The van der Waals surface area contributed by atoms with Gasteiger partial charge >= 0.3 is 0 Å². The van der Waals surface area contributed by atoms with Crippen molar-refractivity contribution in [3.05, 3.63) is 53.8 Å². The minimum atomic E-state index is -0.251. The quantitative estimate of drug-likeness (QED) is 0.635. The molecule has 7 heteroatoms. The van der Waals surface area contributed by atoms with E-state index in [1.54, 1.807) is 13.2 Å². The number of ether oxygens (including phenoxy) is 2. The van der Waals surface area contributed by atoms with E-state index in [0.717, 1.165) is 17.0 Å². The van der Waals surface area contributed by atoms with Crippen molar-refractivity contribution in [2.75, 3.05) is 43.6 Å². The highest BCUT2D eigenvalue weighted by Gasteiger charge is 2.15. The Morgan fingerprint density at radius 3 is 2.81 bits per heavy atom. The zero-order valence-corrected chi connectivity index (χ0v) is 14.7. The number of guanidine groups is 1. The number of methoxy groups -OCH3 is 1. The van der Waals surface area contributed by atoms with Crippen molar-refractivity contribution < 1.29 is 13.9 Å². The van der Waals surface area contributed by atoms with Gasteiger partial charge in [0, 0.05) is 24.8 Å². The molecule has 0 unspecified atom stereocenters. The lowest BCUT2D eigenvalue weighted by Crippen LogP contribution is -2.36. The second-order valence-electron chi connectivity index (χ2n) is 5.94. The van der Waals surface area contributed by atoms with Gasteiger partial charge in [0.05, 0.1) is 32.6 Å². The number of anilines is 2. The molecule has 1 aliphatic rings. The summed E-state index contributed by atoms with van der Waals surface area (Å²) in [5, 5.41) is 3.00. The van der Waals surface area contributed by atoms with E-state index < -0.39 is 0 Å². The first-order chi connectivity index (χ1) is 12.7. The third kappa shape index (κ3) is 4.64. The van der Waals surface area contributed by atoms with Crippen LogP contribution in [0.3, 0.4) is 0 Å². The third-order valence-corrected chi connectivity index (χ3v) is 4.14. The van der Waals surface area contributed by atoms with Crippen molar-refractivity contribution in [1.29, 1.82) is 0 Å². The maximum absolute atomic E-state index is 14.4.